The van der Waals surface area contributed by atoms with Crippen LogP contribution >= 0.6 is 39.0 Å². The molecule has 4 nitrogen and oxygen atoms in total. The largest absolute Gasteiger partial charge is 0.272 e. The van der Waals surface area contributed by atoms with E-state index < -0.39 is 0 Å². The van der Waals surface area contributed by atoms with Crippen molar-refractivity contribution in [3.63, 3.8) is 0 Å². The summed E-state index contributed by atoms with van der Waals surface area (Å²) < 4.78 is 2.78. The first kappa shape index (κ1) is 17.8. The summed E-state index contributed by atoms with van der Waals surface area (Å²) in [5, 5.41) is 3.95. The Hall–Kier alpha value is -1.96. The van der Waals surface area contributed by atoms with Crippen LogP contribution in [0.15, 0.2) is 68.5 Å². The minimum atomic E-state index is -0.166. The third kappa shape index (κ3) is 5.52. The fourth-order valence-corrected chi connectivity index (χ4v) is 4.21. The number of hydrogen-bond donors (Lipinski definition) is 1. The van der Waals surface area contributed by atoms with E-state index in [1.165, 1.54) is 11.8 Å². The average molecular weight is 432 g/mol. The Morgan fingerprint density at radius 1 is 1.20 bits per heavy atom. The number of hydrogen-bond acceptors (Lipinski definition) is 5. The molecule has 1 heterocycles. The van der Waals surface area contributed by atoms with Crippen LogP contribution in [-0.2, 0) is 4.79 Å². The number of benzene rings is 2. The number of halogens is 1. The van der Waals surface area contributed by atoms with E-state index in [2.05, 4.69) is 31.4 Å². The molecule has 7 heteroatoms. The van der Waals surface area contributed by atoms with Gasteiger partial charge in [-0.25, -0.2) is 10.4 Å². The van der Waals surface area contributed by atoms with E-state index in [1.54, 1.807) is 17.6 Å². The molecule has 1 N–H and O–H groups in total. The number of amides is 1. The van der Waals surface area contributed by atoms with Crippen molar-refractivity contribution in [2.24, 2.45) is 5.10 Å². The van der Waals surface area contributed by atoms with Gasteiger partial charge in [-0.05, 0) is 39.7 Å². The van der Waals surface area contributed by atoms with Crippen LogP contribution < -0.4 is 5.43 Å². The number of para-hydroxylation sites is 1. The molecule has 0 aliphatic rings. The summed E-state index contributed by atoms with van der Waals surface area (Å²) in [4.78, 5) is 16.4. The third-order valence-electron chi connectivity index (χ3n) is 3.08. The van der Waals surface area contributed by atoms with Gasteiger partial charge in [0.1, 0.15) is 0 Å². The van der Waals surface area contributed by atoms with Gasteiger partial charge in [0, 0.05) is 4.48 Å². The van der Waals surface area contributed by atoms with Crippen LogP contribution in [0.5, 0.6) is 0 Å². The average Bonchev–Trinajstić information content (AvgIpc) is 3.04. The normalized spacial score (nSPS) is 12.0. The molecule has 2 aromatic carbocycles. The van der Waals surface area contributed by atoms with E-state index in [-0.39, 0.29) is 11.7 Å². The zero-order chi connectivity index (χ0) is 17.5. The second-order valence-electron chi connectivity index (χ2n) is 4.97. The zero-order valence-corrected chi connectivity index (χ0v) is 16.3. The van der Waals surface area contributed by atoms with Crippen molar-refractivity contribution in [3.8, 4) is 0 Å². The second-order valence-corrected chi connectivity index (χ2v) is 8.14. The molecular formula is C18H14BrN3OS2. The fourth-order valence-electron chi connectivity index (χ4n) is 1.98. The number of hydrazone groups is 1. The summed E-state index contributed by atoms with van der Waals surface area (Å²) in [6.45, 7) is 0. The summed E-state index contributed by atoms with van der Waals surface area (Å²) in [5.74, 6) is 0.109. The predicted octanol–water partition coefficient (Wildman–Crippen LogP) is 4.93. The number of aromatic nitrogens is 1. The maximum Gasteiger partial charge on any atom is 0.250 e. The molecule has 0 atom stereocenters. The number of nitrogens with zero attached hydrogens (tertiary/aromatic N) is 2. The zero-order valence-electron chi connectivity index (χ0n) is 13.1. The Balaban J connectivity index is 1.48. The number of rotatable bonds is 6. The Morgan fingerprint density at radius 2 is 1.96 bits per heavy atom. The molecule has 1 amide bonds. The van der Waals surface area contributed by atoms with E-state index in [4.69, 9.17) is 0 Å². The molecule has 0 aliphatic carbocycles. The van der Waals surface area contributed by atoms with E-state index in [0.717, 1.165) is 24.6 Å². The Labute approximate surface area is 162 Å². The maximum atomic E-state index is 11.9. The quantitative estimate of drug-likeness (QED) is 0.342. The van der Waals surface area contributed by atoms with Gasteiger partial charge >= 0.3 is 0 Å². The van der Waals surface area contributed by atoms with Crippen molar-refractivity contribution < 1.29 is 4.79 Å². The summed E-state index contributed by atoms with van der Waals surface area (Å²) >= 11 is 6.40. The predicted molar refractivity (Wildman–Crippen MR) is 110 cm³/mol. The van der Waals surface area contributed by atoms with Crippen LogP contribution in [0.4, 0.5) is 0 Å². The van der Waals surface area contributed by atoms with Gasteiger partial charge < -0.3 is 0 Å². The minimum absolute atomic E-state index is 0.166. The molecule has 0 saturated heterocycles. The third-order valence-corrected chi connectivity index (χ3v) is 5.70. The summed E-state index contributed by atoms with van der Waals surface area (Å²) in [6, 6.07) is 17.8. The van der Waals surface area contributed by atoms with Gasteiger partial charge in [-0.15, -0.1) is 11.3 Å². The molecule has 0 aliphatic heterocycles. The highest BCUT2D eigenvalue weighted by Crippen LogP contribution is 2.28. The molecule has 0 saturated carbocycles. The van der Waals surface area contributed by atoms with Crippen molar-refractivity contribution >= 4 is 67.4 Å². The van der Waals surface area contributed by atoms with E-state index in [9.17, 15) is 4.79 Å². The Bertz CT molecular complexity index is 889. The van der Waals surface area contributed by atoms with Crippen molar-refractivity contribution in [2.75, 3.05) is 5.75 Å². The molecule has 0 bridgehead atoms. The van der Waals surface area contributed by atoms with E-state index >= 15 is 0 Å². The van der Waals surface area contributed by atoms with E-state index in [1.807, 2.05) is 60.7 Å². The van der Waals surface area contributed by atoms with Crippen LogP contribution in [0.3, 0.4) is 0 Å². The van der Waals surface area contributed by atoms with Gasteiger partial charge in [0.15, 0.2) is 4.34 Å². The second kappa shape index (κ2) is 8.94. The smallest absolute Gasteiger partial charge is 0.250 e. The van der Waals surface area contributed by atoms with Crippen LogP contribution in [0.25, 0.3) is 16.3 Å². The lowest BCUT2D eigenvalue weighted by Gasteiger charge is -1.97. The van der Waals surface area contributed by atoms with Crippen molar-refractivity contribution in [1.29, 1.82) is 0 Å². The molecular weight excluding hydrogens is 418 g/mol. The fraction of sp³-hybridized carbons (Fsp3) is 0.0556. The molecule has 3 rings (SSSR count). The SMILES string of the molecule is O=C(CSc1nc2ccccc2s1)N/N=C\C(Br)=C\c1ccccc1. The van der Waals surface area contributed by atoms with Crippen molar-refractivity contribution in [3.05, 3.63) is 64.6 Å². The molecule has 126 valence electrons. The monoisotopic (exact) mass is 431 g/mol. The molecule has 25 heavy (non-hydrogen) atoms. The van der Waals surface area contributed by atoms with E-state index in [0.29, 0.717) is 0 Å². The van der Waals surface area contributed by atoms with Gasteiger partial charge in [0.2, 0.25) is 0 Å². The van der Waals surface area contributed by atoms with Gasteiger partial charge in [0.25, 0.3) is 5.91 Å². The first-order chi connectivity index (χ1) is 12.2. The highest BCUT2D eigenvalue weighted by molar-refractivity contribution is 9.12. The lowest BCUT2D eigenvalue weighted by molar-refractivity contribution is -0.118. The highest BCUT2D eigenvalue weighted by atomic mass is 79.9. The van der Waals surface area contributed by atoms with Gasteiger partial charge in [0.05, 0.1) is 22.2 Å². The highest BCUT2D eigenvalue weighted by Gasteiger charge is 2.06. The molecule has 0 spiro atoms. The Morgan fingerprint density at radius 3 is 2.76 bits per heavy atom. The van der Waals surface area contributed by atoms with Gasteiger partial charge in [-0.3, -0.25) is 4.79 Å². The first-order valence-corrected chi connectivity index (χ1v) is 10.0. The molecule has 3 aromatic rings. The number of allylic oxidation sites excluding steroid dienone is 1. The van der Waals surface area contributed by atoms with Gasteiger partial charge in [-0.2, -0.15) is 5.10 Å². The number of carbonyl (C=O) groups is 1. The lowest BCUT2D eigenvalue weighted by Crippen LogP contribution is -2.19. The molecule has 0 radical (unpaired) electrons. The number of carbonyl (C=O) groups excluding carboxylic acids is 1. The standard InChI is InChI=1S/C18H14BrN3OS2/c19-14(10-13-6-2-1-3-7-13)11-20-22-17(23)12-24-18-21-15-8-4-5-9-16(15)25-18/h1-11H,12H2,(H,22,23)/b14-10-,20-11-. The summed E-state index contributed by atoms with van der Waals surface area (Å²) in [5.41, 5.74) is 4.53. The number of fused-ring (bicyclic) bond motifs is 1. The molecule has 0 unspecified atom stereocenters. The van der Waals surface area contributed by atoms with Crippen molar-refractivity contribution in [1.82, 2.24) is 10.4 Å². The topological polar surface area (TPSA) is 54.4 Å². The van der Waals surface area contributed by atoms with Crippen molar-refractivity contribution in [2.45, 2.75) is 4.34 Å². The number of thioether (sulfide) groups is 1. The number of nitrogens with one attached hydrogen (secondary N) is 1. The van der Waals surface area contributed by atoms with Crippen LogP contribution in [-0.4, -0.2) is 22.9 Å². The first-order valence-electron chi connectivity index (χ1n) is 7.43. The molecule has 0 fully saturated rings. The summed E-state index contributed by atoms with van der Waals surface area (Å²) in [7, 11) is 0. The minimum Gasteiger partial charge on any atom is -0.272 e. The summed E-state index contributed by atoms with van der Waals surface area (Å²) in [6.07, 6.45) is 3.48. The van der Waals surface area contributed by atoms with Gasteiger partial charge in [-0.1, -0.05) is 54.2 Å². The number of thiazole rings is 1. The van der Waals surface area contributed by atoms with Crippen LogP contribution in [0.1, 0.15) is 5.56 Å². The van der Waals surface area contributed by atoms with Crippen LogP contribution in [0, 0.1) is 0 Å². The maximum absolute atomic E-state index is 11.9. The lowest BCUT2D eigenvalue weighted by atomic mass is 10.2. The Kier molecular flexibility index (Phi) is 6.38. The van der Waals surface area contributed by atoms with Crippen LogP contribution in [0.2, 0.25) is 0 Å². The molecule has 1 aromatic heterocycles.